The molecule has 0 aliphatic carbocycles. The second-order valence-corrected chi connectivity index (χ2v) is 7.37. The van der Waals surface area contributed by atoms with Gasteiger partial charge in [-0.1, -0.05) is 54.1 Å². The average Bonchev–Trinajstić information content (AvgIpc) is 2.91. The van der Waals surface area contributed by atoms with Crippen molar-refractivity contribution in [3.63, 3.8) is 0 Å². The first-order chi connectivity index (χ1) is 13.8. The third kappa shape index (κ3) is 3.33. The summed E-state index contributed by atoms with van der Waals surface area (Å²) in [5, 5.41) is 12.1. The van der Waals surface area contributed by atoms with Gasteiger partial charge in [-0.25, -0.2) is 4.79 Å². The van der Waals surface area contributed by atoms with Crippen LogP contribution in [0.25, 0.3) is 0 Å². The Morgan fingerprint density at radius 1 is 1.34 bits per heavy atom. The molecule has 2 aromatic carbocycles. The number of amides is 1. The predicted octanol–water partition coefficient (Wildman–Crippen LogP) is 2.91. The number of anilines is 1. The molecule has 3 N–H and O–H groups in total. The van der Waals surface area contributed by atoms with Crippen molar-refractivity contribution in [2.24, 2.45) is 5.73 Å². The lowest BCUT2D eigenvalue weighted by atomic mass is 9.74. The molecule has 1 amide bonds. The van der Waals surface area contributed by atoms with Gasteiger partial charge in [0.15, 0.2) is 11.1 Å². The smallest absolute Gasteiger partial charge is 0.330 e. The SMILES string of the molecule is C=CC[C@](N)(C(=O)OCC)[C@]1(O)C(=O)N(Cc2ccccc2)c2cc(Cl)ccc21. The van der Waals surface area contributed by atoms with Gasteiger partial charge < -0.3 is 20.5 Å². The zero-order valence-corrected chi connectivity index (χ0v) is 16.9. The molecule has 6 nitrogen and oxygen atoms in total. The van der Waals surface area contributed by atoms with Crippen molar-refractivity contribution in [1.82, 2.24) is 0 Å². The molecule has 0 spiro atoms. The fourth-order valence-corrected chi connectivity index (χ4v) is 3.84. The maximum atomic E-state index is 13.5. The Bertz CT molecular complexity index is 949. The van der Waals surface area contributed by atoms with Crippen LogP contribution >= 0.6 is 11.6 Å². The molecule has 2 atom stereocenters. The topological polar surface area (TPSA) is 92.9 Å². The van der Waals surface area contributed by atoms with Crippen LogP contribution in [0.3, 0.4) is 0 Å². The number of esters is 1. The van der Waals surface area contributed by atoms with Gasteiger partial charge in [-0.2, -0.15) is 0 Å². The number of benzene rings is 2. The Kier molecular flexibility index (Phi) is 5.80. The van der Waals surface area contributed by atoms with Gasteiger partial charge in [0.1, 0.15) is 0 Å². The molecule has 0 fully saturated rings. The number of hydrogen-bond acceptors (Lipinski definition) is 5. The molecule has 0 saturated carbocycles. The van der Waals surface area contributed by atoms with E-state index < -0.39 is 23.0 Å². The Morgan fingerprint density at radius 2 is 2.03 bits per heavy atom. The summed E-state index contributed by atoms with van der Waals surface area (Å²) in [5.74, 6) is -1.59. The molecule has 0 aromatic heterocycles. The number of fused-ring (bicyclic) bond motifs is 1. The average molecular weight is 415 g/mol. The second-order valence-electron chi connectivity index (χ2n) is 6.93. The number of nitrogens with zero attached hydrogens (tertiary/aromatic N) is 1. The Labute approximate surface area is 174 Å². The van der Waals surface area contributed by atoms with E-state index in [1.165, 1.54) is 17.0 Å². The van der Waals surface area contributed by atoms with E-state index in [2.05, 4.69) is 6.58 Å². The first-order valence-electron chi connectivity index (χ1n) is 9.25. The molecule has 0 unspecified atom stereocenters. The zero-order chi connectivity index (χ0) is 21.2. The molecule has 0 radical (unpaired) electrons. The summed E-state index contributed by atoms with van der Waals surface area (Å²) in [4.78, 5) is 27.7. The van der Waals surface area contributed by atoms with E-state index in [0.717, 1.165) is 5.56 Å². The predicted molar refractivity (Wildman–Crippen MR) is 111 cm³/mol. The highest BCUT2D eigenvalue weighted by atomic mass is 35.5. The molecular formula is C22H23ClN2O4. The molecular weight excluding hydrogens is 392 g/mol. The lowest BCUT2D eigenvalue weighted by Gasteiger charge is -2.38. The monoisotopic (exact) mass is 414 g/mol. The maximum Gasteiger partial charge on any atom is 0.330 e. The van der Waals surface area contributed by atoms with Crippen molar-refractivity contribution in [3.8, 4) is 0 Å². The first-order valence-corrected chi connectivity index (χ1v) is 9.62. The molecule has 1 aliphatic heterocycles. The van der Waals surface area contributed by atoms with Crippen molar-refractivity contribution in [2.45, 2.75) is 31.0 Å². The minimum absolute atomic E-state index is 0.0560. The van der Waals surface area contributed by atoms with Crippen LogP contribution in [0.2, 0.25) is 5.02 Å². The fraction of sp³-hybridized carbons (Fsp3) is 0.273. The van der Waals surface area contributed by atoms with Crippen LogP contribution < -0.4 is 10.6 Å². The van der Waals surface area contributed by atoms with Gasteiger partial charge in [0.2, 0.25) is 0 Å². The first kappa shape index (κ1) is 21.0. The highest BCUT2D eigenvalue weighted by Crippen LogP contribution is 2.48. The van der Waals surface area contributed by atoms with Crippen LogP contribution in [0.15, 0.2) is 61.2 Å². The third-order valence-electron chi connectivity index (χ3n) is 5.13. The van der Waals surface area contributed by atoms with Crippen molar-refractivity contribution in [2.75, 3.05) is 11.5 Å². The summed E-state index contributed by atoms with van der Waals surface area (Å²) < 4.78 is 5.11. The lowest BCUT2D eigenvalue weighted by molar-refractivity contribution is -0.168. The van der Waals surface area contributed by atoms with Gasteiger partial charge in [-0.15, -0.1) is 6.58 Å². The quantitative estimate of drug-likeness (QED) is 0.536. The molecule has 0 saturated heterocycles. The second kappa shape index (κ2) is 7.99. The molecule has 0 bridgehead atoms. The van der Waals surface area contributed by atoms with Gasteiger partial charge in [0, 0.05) is 10.6 Å². The summed E-state index contributed by atoms with van der Waals surface area (Å²) in [6, 6.07) is 13.9. The van der Waals surface area contributed by atoms with Crippen LogP contribution in [-0.4, -0.2) is 29.1 Å². The lowest BCUT2D eigenvalue weighted by Crippen LogP contribution is -2.67. The number of ether oxygens (including phenoxy) is 1. The van der Waals surface area contributed by atoms with Crippen LogP contribution in [-0.2, 0) is 26.5 Å². The van der Waals surface area contributed by atoms with Gasteiger partial charge in [-0.05, 0) is 31.0 Å². The van der Waals surface area contributed by atoms with Gasteiger partial charge in [-0.3, -0.25) is 4.79 Å². The summed E-state index contributed by atoms with van der Waals surface area (Å²) >= 11 is 6.16. The van der Waals surface area contributed by atoms with E-state index in [0.29, 0.717) is 10.7 Å². The van der Waals surface area contributed by atoms with Crippen LogP contribution in [0, 0.1) is 0 Å². The fourth-order valence-electron chi connectivity index (χ4n) is 3.67. The molecule has 1 heterocycles. The number of carbonyl (C=O) groups is 2. The maximum absolute atomic E-state index is 13.5. The van der Waals surface area contributed by atoms with E-state index in [1.54, 1.807) is 19.1 Å². The van der Waals surface area contributed by atoms with Crippen molar-refractivity contribution in [3.05, 3.63) is 77.3 Å². The summed E-state index contributed by atoms with van der Waals surface area (Å²) in [6.07, 6.45) is 1.23. The Hall–Kier alpha value is -2.67. The minimum Gasteiger partial charge on any atom is -0.465 e. The highest BCUT2D eigenvalue weighted by molar-refractivity contribution is 6.31. The summed E-state index contributed by atoms with van der Waals surface area (Å²) in [7, 11) is 0. The van der Waals surface area contributed by atoms with Crippen molar-refractivity contribution in [1.29, 1.82) is 0 Å². The van der Waals surface area contributed by atoms with Gasteiger partial charge in [0.25, 0.3) is 5.91 Å². The minimum atomic E-state index is -2.33. The Morgan fingerprint density at radius 3 is 2.66 bits per heavy atom. The van der Waals surface area contributed by atoms with E-state index >= 15 is 0 Å². The summed E-state index contributed by atoms with van der Waals surface area (Å²) in [6.45, 7) is 5.49. The zero-order valence-electron chi connectivity index (χ0n) is 16.1. The molecule has 1 aliphatic rings. The Balaban J connectivity index is 2.17. The normalized spacial score (nSPS) is 20.1. The number of nitrogens with two attached hydrogens (primary N) is 1. The number of hydrogen-bond donors (Lipinski definition) is 2. The standard InChI is InChI=1S/C22H23ClN2O4/c1-3-12-21(24,20(27)29-4-2)22(28)17-11-10-16(23)13-18(17)25(19(22)26)14-15-8-6-5-7-9-15/h3,5-11,13,28H,1,4,12,14,24H2,2H3/t21-,22+/m0/s1. The molecule has 2 aromatic rings. The molecule has 29 heavy (non-hydrogen) atoms. The number of carbonyl (C=O) groups excluding carboxylic acids is 2. The molecule has 3 rings (SSSR count). The van der Waals surface area contributed by atoms with E-state index in [-0.39, 0.29) is 25.1 Å². The highest BCUT2D eigenvalue weighted by Gasteiger charge is 2.65. The van der Waals surface area contributed by atoms with Gasteiger partial charge >= 0.3 is 5.97 Å². The number of halogens is 1. The third-order valence-corrected chi connectivity index (χ3v) is 5.37. The van der Waals surface area contributed by atoms with Crippen molar-refractivity contribution >= 4 is 29.2 Å². The van der Waals surface area contributed by atoms with Crippen LogP contribution in [0.4, 0.5) is 5.69 Å². The van der Waals surface area contributed by atoms with Crippen LogP contribution in [0.1, 0.15) is 24.5 Å². The van der Waals surface area contributed by atoms with Crippen molar-refractivity contribution < 1.29 is 19.4 Å². The molecule has 152 valence electrons. The van der Waals surface area contributed by atoms with Gasteiger partial charge in [0.05, 0.1) is 18.8 Å². The molecule has 7 heteroatoms. The summed E-state index contributed by atoms with van der Waals surface area (Å²) in [5.41, 5.74) is 3.48. The van der Waals surface area contributed by atoms with E-state index in [4.69, 9.17) is 22.1 Å². The van der Waals surface area contributed by atoms with Crippen LogP contribution in [0.5, 0.6) is 0 Å². The largest absolute Gasteiger partial charge is 0.465 e. The number of rotatable bonds is 7. The van der Waals surface area contributed by atoms with E-state index in [9.17, 15) is 14.7 Å². The number of aliphatic hydroxyl groups is 1. The van der Waals surface area contributed by atoms with E-state index in [1.807, 2.05) is 30.3 Å².